The highest BCUT2D eigenvalue weighted by atomic mass is 16.6. The molecule has 4 heterocycles. The van der Waals surface area contributed by atoms with Crippen LogP contribution in [0.1, 0.15) is 18.0 Å². The van der Waals surface area contributed by atoms with Gasteiger partial charge in [-0.3, -0.25) is 14.5 Å². The van der Waals surface area contributed by atoms with Crippen molar-refractivity contribution in [2.24, 2.45) is 0 Å². The van der Waals surface area contributed by atoms with Gasteiger partial charge in [-0.05, 0) is 54.6 Å². The minimum atomic E-state index is -0.405. The Morgan fingerprint density at radius 3 is 2.91 bits per heavy atom. The molecule has 0 aliphatic carbocycles. The number of hydrogen-bond acceptors (Lipinski definition) is 6. The van der Waals surface area contributed by atoms with E-state index in [4.69, 9.17) is 9.47 Å². The first-order valence-corrected chi connectivity index (χ1v) is 11.5. The Bertz CT molecular complexity index is 1370. The van der Waals surface area contributed by atoms with Gasteiger partial charge in [0.05, 0.1) is 23.8 Å². The molecule has 2 atom stereocenters. The Morgan fingerprint density at radius 2 is 2.00 bits per heavy atom. The number of pyridine rings is 1. The Kier molecular flexibility index (Phi) is 4.99. The molecule has 0 unspecified atom stereocenters. The zero-order valence-electron chi connectivity index (χ0n) is 18.5. The standard InChI is InChI=1S/C25H24N4O5/c30-22-14-33-21-6-5-17(11-20(21)27-22)28-13-19(34-25(28)32)8-9-26-12-18-10-16-3-1-2-15-4-7-23(31)29(18)24(15)16/h1-7,11,18-19,26H,8-10,12-14H2,(H,27,30)/t18-,19+/m0/s1. The van der Waals surface area contributed by atoms with Crippen LogP contribution in [0.3, 0.4) is 0 Å². The highest BCUT2D eigenvalue weighted by Crippen LogP contribution is 2.34. The maximum absolute atomic E-state index is 12.5. The molecular formula is C25H24N4O5. The van der Waals surface area contributed by atoms with Crippen molar-refractivity contribution in [1.29, 1.82) is 0 Å². The number of cyclic esters (lactones) is 1. The van der Waals surface area contributed by atoms with E-state index < -0.39 is 6.09 Å². The van der Waals surface area contributed by atoms with E-state index in [1.54, 1.807) is 29.2 Å². The van der Waals surface area contributed by atoms with Gasteiger partial charge in [-0.15, -0.1) is 0 Å². The number of aromatic nitrogens is 1. The lowest BCUT2D eigenvalue weighted by molar-refractivity contribution is -0.118. The second kappa shape index (κ2) is 8.18. The third-order valence-electron chi connectivity index (χ3n) is 6.66. The van der Waals surface area contributed by atoms with Gasteiger partial charge in [-0.25, -0.2) is 4.79 Å². The minimum absolute atomic E-state index is 0.0100. The summed E-state index contributed by atoms with van der Waals surface area (Å²) in [7, 11) is 0. The van der Waals surface area contributed by atoms with Gasteiger partial charge in [0.15, 0.2) is 6.61 Å². The van der Waals surface area contributed by atoms with E-state index in [1.807, 2.05) is 22.8 Å². The van der Waals surface area contributed by atoms with Crippen molar-refractivity contribution >= 4 is 34.3 Å². The number of para-hydroxylation sites is 1. The summed E-state index contributed by atoms with van der Waals surface area (Å²) in [6, 6.07) is 15.0. The van der Waals surface area contributed by atoms with E-state index in [-0.39, 0.29) is 30.2 Å². The van der Waals surface area contributed by atoms with Crippen LogP contribution in [-0.4, -0.2) is 48.9 Å². The molecule has 1 saturated heterocycles. The summed E-state index contributed by atoms with van der Waals surface area (Å²) in [5, 5.41) is 7.29. The van der Waals surface area contributed by atoms with Crippen LogP contribution in [0.25, 0.3) is 10.9 Å². The number of rotatable bonds is 6. The number of carbonyl (C=O) groups excluding carboxylic acids is 2. The van der Waals surface area contributed by atoms with Crippen molar-refractivity contribution < 1.29 is 19.1 Å². The number of nitrogens with zero attached hydrogens (tertiary/aromatic N) is 2. The average molecular weight is 460 g/mol. The quantitative estimate of drug-likeness (QED) is 0.548. The monoisotopic (exact) mass is 460 g/mol. The van der Waals surface area contributed by atoms with Crippen molar-refractivity contribution in [2.75, 3.05) is 36.5 Å². The van der Waals surface area contributed by atoms with E-state index in [9.17, 15) is 14.4 Å². The number of benzene rings is 2. The molecule has 2 aromatic carbocycles. The number of ether oxygens (including phenoxy) is 2. The lowest BCUT2D eigenvalue weighted by atomic mass is 10.1. The van der Waals surface area contributed by atoms with Gasteiger partial charge in [-0.2, -0.15) is 0 Å². The summed E-state index contributed by atoms with van der Waals surface area (Å²) in [6.45, 7) is 1.76. The van der Waals surface area contributed by atoms with Crippen molar-refractivity contribution in [3.05, 3.63) is 64.4 Å². The molecule has 2 amide bonds. The van der Waals surface area contributed by atoms with Gasteiger partial charge in [0, 0.05) is 18.3 Å². The molecule has 9 nitrogen and oxygen atoms in total. The first kappa shape index (κ1) is 20.7. The average Bonchev–Trinajstić information content (AvgIpc) is 3.40. The Morgan fingerprint density at radius 1 is 1.09 bits per heavy atom. The summed E-state index contributed by atoms with van der Waals surface area (Å²) in [5.41, 5.74) is 3.47. The molecule has 3 aromatic rings. The lowest BCUT2D eigenvalue weighted by Gasteiger charge is -2.20. The lowest BCUT2D eigenvalue weighted by Crippen LogP contribution is -2.32. The molecule has 3 aliphatic rings. The van der Waals surface area contributed by atoms with Crippen LogP contribution in [0, 0.1) is 0 Å². The predicted octanol–water partition coefficient (Wildman–Crippen LogP) is 2.43. The number of hydrogen-bond donors (Lipinski definition) is 2. The third kappa shape index (κ3) is 3.58. The molecule has 1 fully saturated rings. The number of fused-ring (bicyclic) bond motifs is 1. The fraction of sp³-hybridized carbons (Fsp3) is 0.320. The highest BCUT2D eigenvalue weighted by Gasteiger charge is 2.33. The third-order valence-corrected chi connectivity index (χ3v) is 6.66. The zero-order valence-corrected chi connectivity index (χ0v) is 18.5. The summed E-state index contributed by atoms with van der Waals surface area (Å²) >= 11 is 0. The summed E-state index contributed by atoms with van der Waals surface area (Å²) in [6.07, 6.45) is 0.839. The van der Waals surface area contributed by atoms with Crippen molar-refractivity contribution in [3.63, 3.8) is 0 Å². The largest absolute Gasteiger partial charge is 0.482 e. The molecule has 2 N–H and O–H groups in total. The normalized spacial score (nSPS) is 20.8. The first-order valence-electron chi connectivity index (χ1n) is 11.5. The van der Waals surface area contributed by atoms with Gasteiger partial charge >= 0.3 is 6.09 Å². The SMILES string of the molecule is O=C1COc2ccc(N3C[C@@H](CCNC[C@@H]4Cc5cccc6ccc(=O)n4c56)OC3=O)cc2N1. The fourth-order valence-corrected chi connectivity index (χ4v) is 5.08. The second-order valence-electron chi connectivity index (χ2n) is 8.88. The van der Waals surface area contributed by atoms with Crippen LogP contribution in [0.15, 0.2) is 53.3 Å². The van der Waals surface area contributed by atoms with Gasteiger partial charge in [0.25, 0.3) is 11.5 Å². The molecule has 6 rings (SSSR count). The van der Waals surface area contributed by atoms with Crippen molar-refractivity contribution in [3.8, 4) is 5.75 Å². The zero-order chi connectivity index (χ0) is 23.2. The van der Waals surface area contributed by atoms with Crippen LogP contribution >= 0.6 is 0 Å². The van der Waals surface area contributed by atoms with E-state index in [2.05, 4.69) is 16.7 Å². The maximum Gasteiger partial charge on any atom is 0.414 e. The molecule has 0 spiro atoms. The van der Waals surface area contributed by atoms with E-state index in [0.717, 1.165) is 17.3 Å². The molecule has 3 aliphatic heterocycles. The van der Waals surface area contributed by atoms with E-state index in [0.29, 0.717) is 43.2 Å². The number of nitrogens with one attached hydrogen (secondary N) is 2. The number of anilines is 2. The summed E-state index contributed by atoms with van der Waals surface area (Å²) < 4.78 is 12.8. The smallest absolute Gasteiger partial charge is 0.414 e. The van der Waals surface area contributed by atoms with Gasteiger partial charge in [0.1, 0.15) is 11.9 Å². The van der Waals surface area contributed by atoms with Crippen LogP contribution in [0.5, 0.6) is 5.75 Å². The van der Waals surface area contributed by atoms with Gasteiger partial charge in [-0.1, -0.05) is 18.2 Å². The molecule has 1 aromatic heterocycles. The van der Waals surface area contributed by atoms with E-state index in [1.165, 1.54) is 5.56 Å². The van der Waals surface area contributed by atoms with E-state index >= 15 is 0 Å². The van der Waals surface area contributed by atoms with Crippen molar-refractivity contribution in [2.45, 2.75) is 25.0 Å². The van der Waals surface area contributed by atoms with Crippen molar-refractivity contribution in [1.82, 2.24) is 9.88 Å². The molecule has 174 valence electrons. The maximum atomic E-state index is 12.5. The predicted molar refractivity (Wildman–Crippen MR) is 127 cm³/mol. The Hall–Kier alpha value is -3.85. The van der Waals surface area contributed by atoms with Gasteiger partial charge < -0.3 is 24.7 Å². The first-order chi connectivity index (χ1) is 16.6. The number of carbonyl (C=O) groups is 2. The fourth-order valence-electron chi connectivity index (χ4n) is 5.08. The summed E-state index contributed by atoms with van der Waals surface area (Å²) in [4.78, 5) is 38.1. The second-order valence-corrected chi connectivity index (χ2v) is 8.88. The Labute approximate surface area is 195 Å². The number of amides is 2. The summed E-state index contributed by atoms with van der Waals surface area (Å²) in [5.74, 6) is 0.363. The van der Waals surface area contributed by atoms with Crippen LogP contribution in [0.4, 0.5) is 16.2 Å². The van der Waals surface area contributed by atoms with Gasteiger partial charge in [0.2, 0.25) is 0 Å². The molecular weight excluding hydrogens is 436 g/mol. The van der Waals surface area contributed by atoms with Crippen LogP contribution < -0.4 is 25.8 Å². The molecule has 9 heteroatoms. The molecule has 0 bridgehead atoms. The van der Waals surface area contributed by atoms with Crippen LogP contribution in [-0.2, 0) is 16.0 Å². The minimum Gasteiger partial charge on any atom is -0.482 e. The highest BCUT2D eigenvalue weighted by molar-refractivity contribution is 5.97. The Balaban J connectivity index is 1.05. The topological polar surface area (TPSA) is 102 Å². The molecule has 34 heavy (non-hydrogen) atoms. The molecule has 0 saturated carbocycles. The van der Waals surface area contributed by atoms with Crippen LogP contribution in [0.2, 0.25) is 0 Å². The molecule has 0 radical (unpaired) electrons.